The number of hydrogen-bond acceptors (Lipinski definition) is 3. The van der Waals surface area contributed by atoms with Crippen LogP contribution in [0.3, 0.4) is 0 Å². The van der Waals surface area contributed by atoms with Gasteiger partial charge in [-0.25, -0.2) is 4.68 Å². The van der Waals surface area contributed by atoms with Crippen LogP contribution in [-0.4, -0.2) is 15.0 Å². The van der Waals surface area contributed by atoms with Crippen molar-refractivity contribution in [3.8, 4) is 11.8 Å². The van der Waals surface area contributed by atoms with Crippen LogP contribution in [0, 0.1) is 18.3 Å². The van der Waals surface area contributed by atoms with Crippen LogP contribution >= 0.6 is 0 Å². The lowest BCUT2D eigenvalue weighted by molar-refractivity contribution is 0.402. The Labute approximate surface area is 106 Å². The lowest BCUT2D eigenvalue weighted by Gasteiger charge is -2.25. The van der Waals surface area contributed by atoms with Crippen LogP contribution in [0.15, 0.2) is 24.3 Å². The number of hydrogen-bond donors (Lipinski definition) is 0. The van der Waals surface area contributed by atoms with Gasteiger partial charge in [0.05, 0.1) is 11.4 Å². The van der Waals surface area contributed by atoms with Gasteiger partial charge in [-0.3, -0.25) is 0 Å². The van der Waals surface area contributed by atoms with Crippen molar-refractivity contribution < 1.29 is 0 Å². The smallest absolute Gasteiger partial charge is 0.186 e. The summed E-state index contributed by atoms with van der Waals surface area (Å²) >= 11 is 0. The van der Waals surface area contributed by atoms with E-state index in [-0.39, 0.29) is 0 Å². The topological polar surface area (TPSA) is 54.5 Å². The fraction of sp³-hybridized carbons (Fsp3) is 0.357. The second-order valence-electron chi connectivity index (χ2n) is 4.81. The molecule has 0 aliphatic heterocycles. The van der Waals surface area contributed by atoms with Gasteiger partial charge in [0.15, 0.2) is 5.69 Å². The van der Waals surface area contributed by atoms with Crippen molar-refractivity contribution in [2.75, 3.05) is 0 Å². The van der Waals surface area contributed by atoms with E-state index < -0.39 is 0 Å². The first-order valence-electron chi connectivity index (χ1n) is 6.22. The molecule has 1 aromatic heterocycles. The predicted octanol–water partition coefficient (Wildman–Crippen LogP) is 2.71. The maximum Gasteiger partial charge on any atom is 0.186 e. The van der Waals surface area contributed by atoms with Gasteiger partial charge in [-0.05, 0) is 31.9 Å². The third-order valence-corrected chi connectivity index (χ3v) is 3.58. The zero-order chi connectivity index (χ0) is 12.5. The number of nitrogens with zero attached hydrogens (tertiary/aromatic N) is 4. The minimum Gasteiger partial charge on any atom is -0.216 e. The highest BCUT2D eigenvalue weighted by Crippen LogP contribution is 2.38. The number of benzene rings is 1. The molecule has 2 aromatic rings. The molecule has 0 radical (unpaired) electrons. The quantitative estimate of drug-likeness (QED) is 0.808. The first kappa shape index (κ1) is 11.0. The Morgan fingerprint density at radius 3 is 2.56 bits per heavy atom. The van der Waals surface area contributed by atoms with Gasteiger partial charge < -0.3 is 0 Å². The maximum atomic E-state index is 9.13. The molecule has 1 saturated carbocycles. The van der Waals surface area contributed by atoms with Gasteiger partial charge in [-0.2, -0.15) is 5.26 Å². The summed E-state index contributed by atoms with van der Waals surface area (Å²) in [6.07, 6.45) is 3.50. The van der Waals surface area contributed by atoms with Crippen LogP contribution in [0.5, 0.6) is 0 Å². The zero-order valence-corrected chi connectivity index (χ0v) is 10.3. The molecular formula is C14H14N4. The second kappa shape index (κ2) is 4.26. The standard InChI is InChI=1S/C14H14N4/c1-10-5-7-12(8-6-10)18-14(11-3-2-4-11)13(9-15)16-17-18/h5-8,11H,2-4H2,1H3. The van der Waals surface area contributed by atoms with Crippen molar-refractivity contribution in [3.05, 3.63) is 41.2 Å². The van der Waals surface area contributed by atoms with Crippen molar-refractivity contribution in [2.24, 2.45) is 0 Å². The summed E-state index contributed by atoms with van der Waals surface area (Å²) < 4.78 is 1.82. The predicted molar refractivity (Wildman–Crippen MR) is 67.4 cm³/mol. The Bertz CT molecular complexity index is 600. The van der Waals surface area contributed by atoms with E-state index in [2.05, 4.69) is 23.3 Å². The van der Waals surface area contributed by atoms with Crippen LogP contribution in [-0.2, 0) is 0 Å². The van der Waals surface area contributed by atoms with Crippen molar-refractivity contribution >= 4 is 0 Å². The second-order valence-corrected chi connectivity index (χ2v) is 4.81. The van der Waals surface area contributed by atoms with Crippen LogP contribution in [0.25, 0.3) is 5.69 Å². The van der Waals surface area contributed by atoms with Gasteiger partial charge in [0.2, 0.25) is 0 Å². The van der Waals surface area contributed by atoms with Crippen molar-refractivity contribution in [2.45, 2.75) is 32.1 Å². The largest absolute Gasteiger partial charge is 0.216 e. The highest BCUT2D eigenvalue weighted by Gasteiger charge is 2.28. The van der Waals surface area contributed by atoms with Crippen molar-refractivity contribution in [3.63, 3.8) is 0 Å². The molecule has 0 spiro atoms. The number of rotatable bonds is 2. The van der Waals surface area contributed by atoms with Gasteiger partial charge in [0, 0.05) is 5.92 Å². The fourth-order valence-electron chi connectivity index (χ4n) is 2.29. The molecule has 4 heteroatoms. The van der Waals surface area contributed by atoms with Crippen molar-refractivity contribution in [1.29, 1.82) is 5.26 Å². The summed E-state index contributed by atoms with van der Waals surface area (Å²) in [5.41, 5.74) is 3.65. The number of aryl methyl sites for hydroxylation is 1. The Morgan fingerprint density at radius 2 is 2.00 bits per heavy atom. The summed E-state index contributed by atoms with van der Waals surface area (Å²) in [5, 5.41) is 17.2. The van der Waals surface area contributed by atoms with Crippen molar-refractivity contribution in [1.82, 2.24) is 15.0 Å². The lowest BCUT2D eigenvalue weighted by atomic mass is 9.82. The van der Waals surface area contributed by atoms with Crippen LogP contribution < -0.4 is 0 Å². The molecule has 1 fully saturated rings. The van der Waals surface area contributed by atoms with Crippen LogP contribution in [0.4, 0.5) is 0 Å². The first-order valence-corrected chi connectivity index (χ1v) is 6.22. The minimum absolute atomic E-state index is 0.441. The molecule has 0 N–H and O–H groups in total. The molecule has 1 heterocycles. The number of nitriles is 1. The molecule has 1 aliphatic carbocycles. The molecule has 1 aromatic carbocycles. The van der Waals surface area contributed by atoms with E-state index in [1.807, 2.05) is 28.9 Å². The summed E-state index contributed by atoms with van der Waals surface area (Å²) in [6, 6.07) is 10.3. The van der Waals surface area contributed by atoms with E-state index in [0.29, 0.717) is 11.6 Å². The normalized spacial score (nSPS) is 15.1. The average molecular weight is 238 g/mol. The highest BCUT2D eigenvalue weighted by molar-refractivity contribution is 5.39. The highest BCUT2D eigenvalue weighted by atomic mass is 15.4. The zero-order valence-electron chi connectivity index (χ0n) is 10.3. The summed E-state index contributed by atoms with van der Waals surface area (Å²) in [5.74, 6) is 0.441. The molecule has 0 atom stereocenters. The molecule has 3 rings (SSSR count). The lowest BCUT2D eigenvalue weighted by Crippen LogP contribution is -2.15. The third kappa shape index (κ3) is 1.68. The Kier molecular flexibility index (Phi) is 2.60. The SMILES string of the molecule is Cc1ccc(-n2nnc(C#N)c2C2CCC2)cc1. The van der Waals surface area contributed by atoms with Gasteiger partial charge in [-0.15, -0.1) is 5.10 Å². The summed E-state index contributed by atoms with van der Waals surface area (Å²) in [4.78, 5) is 0. The molecule has 0 bridgehead atoms. The maximum absolute atomic E-state index is 9.13. The van der Waals surface area contributed by atoms with Gasteiger partial charge in [0.25, 0.3) is 0 Å². The fourth-order valence-corrected chi connectivity index (χ4v) is 2.29. The third-order valence-electron chi connectivity index (χ3n) is 3.58. The molecule has 18 heavy (non-hydrogen) atoms. The van der Waals surface area contributed by atoms with Gasteiger partial charge in [0.1, 0.15) is 6.07 Å². The molecule has 1 aliphatic rings. The Hall–Kier alpha value is -2.15. The molecule has 0 amide bonds. The van der Waals surface area contributed by atoms with E-state index >= 15 is 0 Å². The Morgan fingerprint density at radius 1 is 1.28 bits per heavy atom. The molecule has 90 valence electrons. The van der Waals surface area contributed by atoms with E-state index in [0.717, 1.165) is 24.2 Å². The summed E-state index contributed by atoms with van der Waals surface area (Å²) in [7, 11) is 0. The van der Waals surface area contributed by atoms with E-state index in [4.69, 9.17) is 5.26 Å². The molecule has 4 nitrogen and oxygen atoms in total. The van der Waals surface area contributed by atoms with E-state index in [1.165, 1.54) is 12.0 Å². The Balaban J connectivity index is 2.09. The van der Waals surface area contributed by atoms with Crippen LogP contribution in [0.1, 0.15) is 42.1 Å². The number of aromatic nitrogens is 3. The molecule has 0 saturated heterocycles. The average Bonchev–Trinajstić information content (AvgIpc) is 2.72. The van der Waals surface area contributed by atoms with Crippen LogP contribution in [0.2, 0.25) is 0 Å². The minimum atomic E-state index is 0.441. The van der Waals surface area contributed by atoms with Gasteiger partial charge >= 0.3 is 0 Å². The first-order chi connectivity index (χ1) is 8.79. The monoisotopic (exact) mass is 238 g/mol. The van der Waals surface area contributed by atoms with E-state index in [9.17, 15) is 0 Å². The van der Waals surface area contributed by atoms with E-state index in [1.54, 1.807) is 0 Å². The molecular weight excluding hydrogens is 224 g/mol. The summed E-state index contributed by atoms with van der Waals surface area (Å²) in [6.45, 7) is 2.05. The molecule has 0 unspecified atom stereocenters. The van der Waals surface area contributed by atoms with Gasteiger partial charge in [-0.1, -0.05) is 29.3 Å².